The first-order valence-electron chi connectivity index (χ1n) is 5.12. The first kappa shape index (κ1) is 13.9. The van der Waals surface area contributed by atoms with E-state index in [2.05, 4.69) is 0 Å². The van der Waals surface area contributed by atoms with E-state index in [4.69, 9.17) is 18.9 Å². The molecule has 1 rings (SSSR count). The molecule has 0 radical (unpaired) electrons. The van der Waals surface area contributed by atoms with Crippen molar-refractivity contribution >= 4 is 11.9 Å². The molecule has 0 aliphatic carbocycles. The second-order valence-electron chi connectivity index (χ2n) is 3.65. The number of hydrogen-bond donors (Lipinski definition) is 1. The number of aliphatic hydroxyl groups is 1. The molecular weight excluding hydrogens is 232 g/mol. The van der Waals surface area contributed by atoms with Gasteiger partial charge in [-0.25, -0.2) is 0 Å². The Hall–Kier alpha value is -1.18. The van der Waals surface area contributed by atoms with E-state index in [1.54, 1.807) is 0 Å². The van der Waals surface area contributed by atoms with Crippen molar-refractivity contribution in [2.45, 2.75) is 38.4 Å². The SMILES string of the molecule is CO[C@@H]1O[C@H](COC(C)=O)[C@@H](OC(C)=O)[C@@H]1O. The van der Waals surface area contributed by atoms with Gasteiger partial charge in [0.05, 0.1) is 0 Å². The molecule has 1 heterocycles. The van der Waals surface area contributed by atoms with Crippen LogP contribution in [0.4, 0.5) is 0 Å². The molecule has 0 amide bonds. The van der Waals surface area contributed by atoms with E-state index in [1.165, 1.54) is 21.0 Å². The highest BCUT2D eigenvalue weighted by atomic mass is 16.7. The number of carbonyl (C=O) groups is 2. The minimum absolute atomic E-state index is 0.107. The van der Waals surface area contributed by atoms with Crippen LogP contribution in [0.5, 0.6) is 0 Å². The third-order valence-corrected chi connectivity index (χ3v) is 2.28. The Bertz CT molecular complexity index is 290. The van der Waals surface area contributed by atoms with Gasteiger partial charge in [-0.3, -0.25) is 9.59 Å². The maximum absolute atomic E-state index is 10.9. The standard InChI is InChI=1S/C10H16O7/c1-5(11)15-4-7-9(16-6(2)12)8(13)10(14-3)17-7/h7-10,13H,4H2,1-3H3/t7-,8+,9-,10-/m1/s1. The van der Waals surface area contributed by atoms with Crippen molar-refractivity contribution in [1.82, 2.24) is 0 Å². The number of aliphatic hydroxyl groups excluding tert-OH is 1. The Kier molecular flexibility index (Phi) is 4.86. The molecule has 0 aromatic heterocycles. The Morgan fingerprint density at radius 2 is 1.94 bits per heavy atom. The summed E-state index contributed by atoms with van der Waals surface area (Å²) < 4.78 is 19.8. The van der Waals surface area contributed by atoms with E-state index in [0.29, 0.717) is 0 Å². The Morgan fingerprint density at radius 3 is 2.41 bits per heavy atom. The first-order valence-corrected chi connectivity index (χ1v) is 5.12. The number of rotatable bonds is 4. The van der Waals surface area contributed by atoms with Crippen molar-refractivity contribution in [2.75, 3.05) is 13.7 Å². The van der Waals surface area contributed by atoms with Crippen molar-refractivity contribution in [3.05, 3.63) is 0 Å². The fraction of sp³-hybridized carbons (Fsp3) is 0.800. The molecule has 1 aliphatic heterocycles. The molecule has 1 fully saturated rings. The van der Waals surface area contributed by atoms with Crippen LogP contribution in [0.15, 0.2) is 0 Å². The summed E-state index contributed by atoms with van der Waals surface area (Å²) in [7, 11) is 1.35. The molecule has 0 saturated carbocycles. The number of ether oxygens (including phenoxy) is 4. The third-order valence-electron chi connectivity index (χ3n) is 2.28. The van der Waals surface area contributed by atoms with Crippen LogP contribution >= 0.6 is 0 Å². The number of carbonyl (C=O) groups excluding carboxylic acids is 2. The highest BCUT2D eigenvalue weighted by molar-refractivity contribution is 5.66. The zero-order chi connectivity index (χ0) is 13.0. The molecule has 17 heavy (non-hydrogen) atoms. The maximum atomic E-state index is 10.9. The summed E-state index contributed by atoms with van der Waals surface area (Å²) >= 11 is 0. The highest BCUT2D eigenvalue weighted by Crippen LogP contribution is 2.25. The van der Waals surface area contributed by atoms with Crippen LogP contribution in [0.25, 0.3) is 0 Å². The van der Waals surface area contributed by atoms with Crippen molar-refractivity contribution in [3.8, 4) is 0 Å². The fourth-order valence-corrected chi connectivity index (χ4v) is 1.57. The average Bonchev–Trinajstić information content (AvgIpc) is 2.53. The molecule has 4 atom stereocenters. The van der Waals surface area contributed by atoms with Crippen molar-refractivity contribution in [2.24, 2.45) is 0 Å². The molecule has 1 saturated heterocycles. The summed E-state index contributed by atoms with van der Waals surface area (Å²) in [5.41, 5.74) is 0. The van der Waals surface area contributed by atoms with Gasteiger partial charge in [-0.05, 0) is 0 Å². The second kappa shape index (κ2) is 5.95. The minimum atomic E-state index is -1.11. The monoisotopic (exact) mass is 248 g/mol. The minimum Gasteiger partial charge on any atom is -0.463 e. The zero-order valence-electron chi connectivity index (χ0n) is 9.91. The molecule has 0 aromatic carbocycles. The van der Waals surface area contributed by atoms with E-state index in [0.717, 1.165) is 0 Å². The van der Waals surface area contributed by atoms with Gasteiger partial charge >= 0.3 is 11.9 Å². The topological polar surface area (TPSA) is 91.3 Å². The van der Waals surface area contributed by atoms with Crippen molar-refractivity contribution in [1.29, 1.82) is 0 Å². The van der Waals surface area contributed by atoms with E-state index >= 15 is 0 Å². The second-order valence-corrected chi connectivity index (χ2v) is 3.65. The van der Waals surface area contributed by atoms with Gasteiger partial charge in [0, 0.05) is 21.0 Å². The van der Waals surface area contributed by atoms with Gasteiger partial charge in [-0.15, -0.1) is 0 Å². The summed E-state index contributed by atoms with van der Waals surface area (Å²) in [6.45, 7) is 2.36. The van der Waals surface area contributed by atoms with Gasteiger partial charge in [0.15, 0.2) is 12.4 Å². The predicted molar refractivity (Wildman–Crippen MR) is 53.9 cm³/mol. The Labute approximate surface area is 98.6 Å². The molecule has 98 valence electrons. The van der Waals surface area contributed by atoms with Crippen LogP contribution in [-0.2, 0) is 28.5 Å². The molecule has 0 spiro atoms. The van der Waals surface area contributed by atoms with Gasteiger partial charge in [0.25, 0.3) is 0 Å². The molecule has 0 aromatic rings. The lowest BCUT2D eigenvalue weighted by molar-refractivity contribution is -0.164. The van der Waals surface area contributed by atoms with E-state index < -0.39 is 36.5 Å². The maximum Gasteiger partial charge on any atom is 0.303 e. The van der Waals surface area contributed by atoms with Crippen LogP contribution < -0.4 is 0 Å². The summed E-state index contributed by atoms with van der Waals surface area (Å²) in [4.78, 5) is 21.6. The molecular formula is C10H16O7. The van der Waals surface area contributed by atoms with Gasteiger partial charge in [0.1, 0.15) is 18.8 Å². The molecule has 0 bridgehead atoms. The van der Waals surface area contributed by atoms with Crippen LogP contribution in [0.2, 0.25) is 0 Å². The van der Waals surface area contributed by atoms with Gasteiger partial charge in [-0.1, -0.05) is 0 Å². The fourth-order valence-electron chi connectivity index (χ4n) is 1.57. The lowest BCUT2D eigenvalue weighted by Crippen LogP contribution is -2.38. The Morgan fingerprint density at radius 1 is 1.29 bits per heavy atom. The predicted octanol–water partition coefficient (Wildman–Crippen LogP) is -0.787. The number of hydrogen-bond acceptors (Lipinski definition) is 7. The molecule has 1 aliphatic rings. The summed E-state index contributed by atoms with van der Waals surface area (Å²) in [5.74, 6) is -1.03. The molecule has 7 nitrogen and oxygen atoms in total. The number of methoxy groups -OCH3 is 1. The normalized spacial score (nSPS) is 32.2. The van der Waals surface area contributed by atoms with E-state index in [-0.39, 0.29) is 6.61 Å². The zero-order valence-corrected chi connectivity index (χ0v) is 9.91. The van der Waals surface area contributed by atoms with E-state index in [9.17, 15) is 14.7 Å². The lowest BCUT2D eigenvalue weighted by atomic mass is 10.1. The van der Waals surface area contributed by atoms with Crippen LogP contribution in [0, 0.1) is 0 Å². The third kappa shape index (κ3) is 3.65. The van der Waals surface area contributed by atoms with E-state index in [1.807, 2.05) is 0 Å². The summed E-state index contributed by atoms with van der Waals surface area (Å²) in [6, 6.07) is 0. The Balaban J connectivity index is 2.64. The van der Waals surface area contributed by atoms with Gasteiger partial charge in [-0.2, -0.15) is 0 Å². The van der Waals surface area contributed by atoms with Crippen molar-refractivity contribution in [3.63, 3.8) is 0 Å². The van der Waals surface area contributed by atoms with Crippen LogP contribution in [0.1, 0.15) is 13.8 Å². The molecule has 1 N–H and O–H groups in total. The highest BCUT2D eigenvalue weighted by Gasteiger charge is 2.46. The smallest absolute Gasteiger partial charge is 0.303 e. The molecule has 7 heteroatoms. The quantitative estimate of drug-likeness (QED) is 0.652. The summed E-state index contributed by atoms with van der Waals surface area (Å²) in [6.07, 6.45) is -3.65. The van der Waals surface area contributed by atoms with Crippen molar-refractivity contribution < 1.29 is 33.6 Å². The van der Waals surface area contributed by atoms with Gasteiger partial charge in [0.2, 0.25) is 0 Å². The average molecular weight is 248 g/mol. The lowest BCUT2D eigenvalue weighted by Gasteiger charge is -2.19. The first-order chi connectivity index (χ1) is 7.95. The largest absolute Gasteiger partial charge is 0.463 e. The van der Waals surface area contributed by atoms with Crippen LogP contribution in [0.3, 0.4) is 0 Å². The molecule has 0 unspecified atom stereocenters. The van der Waals surface area contributed by atoms with Crippen LogP contribution in [-0.4, -0.2) is 55.4 Å². The number of esters is 2. The van der Waals surface area contributed by atoms with Gasteiger partial charge < -0.3 is 24.1 Å². The summed E-state index contributed by atoms with van der Waals surface area (Å²) in [5, 5.41) is 9.77.